The molecule has 0 saturated carbocycles. The van der Waals surface area contributed by atoms with Gasteiger partial charge >= 0.3 is 0 Å². The highest BCUT2D eigenvalue weighted by molar-refractivity contribution is 5.79. The van der Waals surface area contributed by atoms with E-state index in [-0.39, 0.29) is 0 Å². The molecule has 0 unspecified atom stereocenters. The van der Waals surface area contributed by atoms with E-state index >= 15 is 0 Å². The Morgan fingerprint density at radius 2 is 1.96 bits per heavy atom. The van der Waals surface area contributed by atoms with Crippen molar-refractivity contribution >= 4 is 11.9 Å². The van der Waals surface area contributed by atoms with E-state index in [9.17, 15) is 0 Å². The Kier molecular flexibility index (Phi) is 6.48. The van der Waals surface area contributed by atoms with Gasteiger partial charge in [0.25, 0.3) is 0 Å². The van der Waals surface area contributed by atoms with Crippen molar-refractivity contribution in [2.75, 3.05) is 58.8 Å². The van der Waals surface area contributed by atoms with E-state index in [0.29, 0.717) is 0 Å². The van der Waals surface area contributed by atoms with Crippen LogP contribution in [0.3, 0.4) is 0 Å². The van der Waals surface area contributed by atoms with E-state index < -0.39 is 0 Å². The van der Waals surface area contributed by atoms with Crippen LogP contribution in [0.15, 0.2) is 11.2 Å². The molecular formula is C17H33N7. The summed E-state index contributed by atoms with van der Waals surface area (Å²) in [5, 5.41) is 3.48. The second-order valence-electron chi connectivity index (χ2n) is 7.09. The van der Waals surface area contributed by atoms with E-state index in [4.69, 9.17) is 0 Å². The lowest BCUT2D eigenvalue weighted by Crippen LogP contribution is -2.52. The molecule has 0 bridgehead atoms. The van der Waals surface area contributed by atoms with Gasteiger partial charge in [-0.15, -0.1) is 0 Å². The van der Waals surface area contributed by atoms with Gasteiger partial charge in [-0.3, -0.25) is 9.89 Å². The van der Waals surface area contributed by atoms with Gasteiger partial charge in [-0.2, -0.15) is 0 Å². The van der Waals surface area contributed by atoms with Gasteiger partial charge in [0.2, 0.25) is 5.95 Å². The van der Waals surface area contributed by atoms with Crippen LogP contribution < -0.4 is 10.2 Å². The number of imidazole rings is 1. The van der Waals surface area contributed by atoms with Gasteiger partial charge in [-0.25, -0.2) is 4.98 Å². The van der Waals surface area contributed by atoms with Crippen LogP contribution >= 0.6 is 0 Å². The maximum Gasteiger partial charge on any atom is 0.204 e. The predicted molar refractivity (Wildman–Crippen MR) is 101 cm³/mol. The number of piperazine rings is 1. The fraction of sp³-hybridized carbons (Fsp3) is 0.765. The smallest absolute Gasteiger partial charge is 0.204 e. The summed E-state index contributed by atoms with van der Waals surface area (Å²) in [5.41, 5.74) is 1.15. The fourth-order valence-electron chi connectivity index (χ4n) is 3.17. The predicted octanol–water partition coefficient (Wildman–Crippen LogP) is 0.835. The lowest BCUT2D eigenvalue weighted by atomic mass is 10.2. The summed E-state index contributed by atoms with van der Waals surface area (Å²) < 4.78 is 2.11. The average molecular weight is 336 g/mol. The molecule has 1 aromatic rings. The van der Waals surface area contributed by atoms with Crippen molar-refractivity contribution in [1.82, 2.24) is 24.7 Å². The molecule has 1 aliphatic rings. The summed E-state index contributed by atoms with van der Waals surface area (Å²) in [6.07, 6.45) is 1.93. The Balaban J connectivity index is 1.87. The molecule has 7 nitrogen and oxygen atoms in total. The molecule has 2 heterocycles. The largest absolute Gasteiger partial charge is 0.351 e. The molecule has 0 aromatic carbocycles. The molecule has 0 spiro atoms. The summed E-state index contributed by atoms with van der Waals surface area (Å²) in [5.74, 6) is 2.67. The first-order valence-corrected chi connectivity index (χ1v) is 8.78. The molecule has 7 heteroatoms. The maximum atomic E-state index is 4.46. The number of hydrogen-bond donors (Lipinski definition) is 1. The highest BCUT2D eigenvalue weighted by Gasteiger charge is 2.20. The summed E-state index contributed by atoms with van der Waals surface area (Å²) in [7, 11) is 7.92. The van der Waals surface area contributed by atoms with Crippen molar-refractivity contribution in [3.05, 3.63) is 11.9 Å². The lowest BCUT2D eigenvalue weighted by Gasteiger charge is -2.37. The van der Waals surface area contributed by atoms with Crippen molar-refractivity contribution < 1.29 is 0 Å². The van der Waals surface area contributed by atoms with E-state index in [2.05, 4.69) is 43.5 Å². The van der Waals surface area contributed by atoms with E-state index in [1.807, 2.05) is 39.3 Å². The zero-order valence-electron chi connectivity index (χ0n) is 16.1. The molecule has 2 rings (SSSR count). The van der Waals surface area contributed by atoms with Crippen molar-refractivity contribution in [3.63, 3.8) is 0 Å². The quantitative estimate of drug-likeness (QED) is 0.638. The molecule has 0 aliphatic carbocycles. The van der Waals surface area contributed by atoms with Crippen LogP contribution in [0, 0.1) is 5.92 Å². The van der Waals surface area contributed by atoms with Gasteiger partial charge < -0.3 is 19.7 Å². The zero-order valence-corrected chi connectivity index (χ0v) is 16.1. The number of guanidine groups is 1. The molecule has 1 aliphatic heterocycles. The van der Waals surface area contributed by atoms with Crippen molar-refractivity contribution in [2.24, 2.45) is 18.0 Å². The van der Waals surface area contributed by atoms with Gasteiger partial charge in [0.05, 0.1) is 18.4 Å². The average Bonchev–Trinajstić information content (AvgIpc) is 2.90. The Morgan fingerprint density at radius 1 is 1.29 bits per heavy atom. The van der Waals surface area contributed by atoms with Crippen LogP contribution in [0.2, 0.25) is 0 Å². The molecule has 0 atom stereocenters. The molecule has 1 saturated heterocycles. The van der Waals surface area contributed by atoms with Crippen LogP contribution in [-0.2, 0) is 13.6 Å². The third kappa shape index (κ3) is 4.63. The van der Waals surface area contributed by atoms with Crippen LogP contribution in [0.25, 0.3) is 0 Å². The van der Waals surface area contributed by atoms with Crippen LogP contribution in [0.5, 0.6) is 0 Å². The van der Waals surface area contributed by atoms with E-state index in [1.165, 1.54) is 6.54 Å². The minimum absolute atomic E-state index is 0.727. The first-order chi connectivity index (χ1) is 11.4. The number of aliphatic imine (C=N–C) groups is 1. The van der Waals surface area contributed by atoms with Crippen LogP contribution in [0.4, 0.5) is 5.95 Å². The second-order valence-corrected chi connectivity index (χ2v) is 7.09. The minimum atomic E-state index is 0.727. The topological polar surface area (TPSA) is 51.9 Å². The molecule has 1 fully saturated rings. The SMILES string of the molecule is CN=C(NCc1cnc(N(C)C)n1C)N1CCN(CC(C)C)CC1. The van der Waals surface area contributed by atoms with E-state index in [1.54, 1.807) is 0 Å². The molecule has 1 aromatic heterocycles. The Hall–Kier alpha value is -1.76. The first-order valence-electron chi connectivity index (χ1n) is 8.78. The number of nitrogens with one attached hydrogen (secondary N) is 1. The summed E-state index contributed by atoms with van der Waals surface area (Å²) in [6.45, 7) is 10.7. The summed E-state index contributed by atoms with van der Waals surface area (Å²) in [6, 6.07) is 0. The second kappa shape index (κ2) is 8.37. The molecule has 1 N–H and O–H groups in total. The number of hydrogen-bond acceptors (Lipinski definition) is 4. The third-order valence-electron chi connectivity index (χ3n) is 4.39. The van der Waals surface area contributed by atoms with Crippen molar-refractivity contribution in [2.45, 2.75) is 20.4 Å². The van der Waals surface area contributed by atoms with Crippen LogP contribution in [0.1, 0.15) is 19.5 Å². The first kappa shape index (κ1) is 18.6. The monoisotopic (exact) mass is 335 g/mol. The fourth-order valence-corrected chi connectivity index (χ4v) is 3.17. The molecular weight excluding hydrogens is 302 g/mol. The van der Waals surface area contributed by atoms with Gasteiger partial charge in [-0.1, -0.05) is 13.8 Å². The lowest BCUT2D eigenvalue weighted by molar-refractivity contribution is 0.164. The summed E-state index contributed by atoms with van der Waals surface area (Å²) in [4.78, 5) is 15.8. The van der Waals surface area contributed by atoms with Gasteiger partial charge in [0, 0.05) is 60.9 Å². The molecule has 24 heavy (non-hydrogen) atoms. The van der Waals surface area contributed by atoms with Crippen LogP contribution in [-0.4, -0.2) is 79.2 Å². The Morgan fingerprint density at radius 3 is 2.46 bits per heavy atom. The van der Waals surface area contributed by atoms with E-state index in [0.717, 1.165) is 56.2 Å². The van der Waals surface area contributed by atoms with Crippen molar-refractivity contribution in [1.29, 1.82) is 0 Å². The minimum Gasteiger partial charge on any atom is -0.351 e. The maximum absolute atomic E-state index is 4.46. The molecule has 0 amide bonds. The highest BCUT2D eigenvalue weighted by atomic mass is 15.4. The number of rotatable bonds is 5. The number of nitrogens with zero attached hydrogens (tertiary/aromatic N) is 6. The van der Waals surface area contributed by atoms with Gasteiger partial charge in [0.15, 0.2) is 5.96 Å². The van der Waals surface area contributed by atoms with Gasteiger partial charge in [-0.05, 0) is 5.92 Å². The molecule has 0 radical (unpaired) electrons. The number of anilines is 1. The third-order valence-corrected chi connectivity index (χ3v) is 4.39. The Bertz CT molecular complexity index is 539. The highest BCUT2D eigenvalue weighted by Crippen LogP contribution is 2.11. The number of aromatic nitrogens is 2. The van der Waals surface area contributed by atoms with Gasteiger partial charge in [0.1, 0.15) is 0 Å². The normalized spacial score (nSPS) is 16.8. The Labute approximate surface area is 146 Å². The molecule has 136 valence electrons. The zero-order chi connectivity index (χ0) is 17.7. The van der Waals surface area contributed by atoms with Crippen molar-refractivity contribution in [3.8, 4) is 0 Å². The standard InChI is InChI=1S/C17H33N7/c1-14(2)13-23-7-9-24(10-8-23)16(18-3)19-11-15-12-20-17(21(4)5)22(15)6/h12,14H,7-11,13H2,1-6H3,(H,18,19). The summed E-state index contributed by atoms with van der Waals surface area (Å²) >= 11 is 0.